The summed E-state index contributed by atoms with van der Waals surface area (Å²) in [5.41, 5.74) is 14.1. The third-order valence-electron chi connectivity index (χ3n) is 14.7. The summed E-state index contributed by atoms with van der Waals surface area (Å²) in [7, 11) is 0. The second-order valence-corrected chi connectivity index (χ2v) is 20.0. The van der Waals surface area contributed by atoms with Crippen LogP contribution in [0.5, 0.6) is 0 Å². The average molecular weight is 1070 g/mol. The molecule has 9 heteroatoms. The van der Waals surface area contributed by atoms with Gasteiger partial charge in [-0.2, -0.15) is 0 Å². The SMILES string of the molecule is c1ccc(N(c2ccccc2)c2cccc(-c3cccc(N(c4ccccc4)c4ccc5c(c4)c4cc(N(c6ccccc6)c6cccc(-c7cccc(N(c8ccccc8)c8ccccc8)n7)n6)ccc4n5-c4ccccc4)n3)n2)cc1. The summed E-state index contributed by atoms with van der Waals surface area (Å²) < 4.78 is 2.36. The third-order valence-corrected chi connectivity index (χ3v) is 14.7. The molecule has 0 saturated heterocycles. The van der Waals surface area contributed by atoms with Crippen LogP contribution < -0.4 is 19.6 Å². The molecule has 0 aliphatic carbocycles. The minimum absolute atomic E-state index is 0.751. The first kappa shape index (κ1) is 49.8. The van der Waals surface area contributed by atoms with Gasteiger partial charge >= 0.3 is 0 Å². The lowest BCUT2D eigenvalue weighted by Gasteiger charge is -2.26. The van der Waals surface area contributed by atoms with Crippen LogP contribution in [0.25, 0.3) is 50.3 Å². The van der Waals surface area contributed by atoms with Crippen molar-refractivity contribution in [3.8, 4) is 28.5 Å². The molecule has 0 aliphatic rings. The topological polar surface area (TPSA) is 69.5 Å². The Morgan fingerprint density at radius 2 is 0.446 bits per heavy atom. The van der Waals surface area contributed by atoms with Gasteiger partial charge in [0.25, 0.3) is 0 Å². The van der Waals surface area contributed by atoms with Gasteiger partial charge in [-0.15, -0.1) is 0 Å². The highest BCUT2D eigenvalue weighted by molar-refractivity contribution is 6.12. The second-order valence-electron chi connectivity index (χ2n) is 20.0. The van der Waals surface area contributed by atoms with Crippen LogP contribution in [-0.2, 0) is 0 Å². The molecular formula is C74H53N9. The Hall–Kier alpha value is -11.4. The third kappa shape index (κ3) is 9.96. The molecule has 0 bridgehead atoms. The number of pyridine rings is 4. The molecule has 0 radical (unpaired) electrons. The molecule has 0 saturated carbocycles. The maximum atomic E-state index is 5.43. The van der Waals surface area contributed by atoms with Crippen molar-refractivity contribution in [2.24, 2.45) is 0 Å². The highest BCUT2D eigenvalue weighted by atomic mass is 15.2. The number of anilines is 12. The van der Waals surface area contributed by atoms with E-state index >= 15 is 0 Å². The Kier molecular flexibility index (Phi) is 13.4. The molecule has 0 aliphatic heterocycles. The number of fused-ring (bicyclic) bond motifs is 3. The van der Waals surface area contributed by atoms with E-state index in [-0.39, 0.29) is 0 Å². The molecule has 5 heterocycles. The maximum Gasteiger partial charge on any atom is 0.138 e. The van der Waals surface area contributed by atoms with Crippen LogP contribution in [0.1, 0.15) is 0 Å². The van der Waals surface area contributed by atoms with E-state index in [2.05, 4.69) is 273 Å². The summed E-state index contributed by atoms with van der Waals surface area (Å²) in [5, 5.41) is 2.15. The van der Waals surface area contributed by atoms with Gasteiger partial charge in [-0.25, -0.2) is 19.9 Å². The summed E-state index contributed by atoms with van der Waals surface area (Å²) >= 11 is 0. The lowest BCUT2D eigenvalue weighted by atomic mass is 10.1. The predicted molar refractivity (Wildman–Crippen MR) is 342 cm³/mol. The largest absolute Gasteiger partial charge is 0.309 e. The molecule has 14 aromatic rings. The predicted octanol–water partition coefficient (Wildman–Crippen LogP) is 19.6. The number of hydrogen-bond acceptors (Lipinski definition) is 8. The van der Waals surface area contributed by atoms with Crippen LogP contribution in [0.2, 0.25) is 0 Å². The molecule has 0 N–H and O–H groups in total. The number of hydrogen-bond donors (Lipinski definition) is 0. The highest BCUT2D eigenvalue weighted by Crippen LogP contribution is 2.44. The van der Waals surface area contributed by atoms with Crippen LogP contribution in [-0.4, -0.2) is 24.5 Å². The smallest absolute Gasteiger partial charge is 0.138 e. The molecule has 9 nitrogen and oxygen atoms in total. The van der Waals surface area contributed by atoms with E-state index in [1.165, 1.54) is 0 Å². The van der Waals surface area contributed by atoms with Crippen molar-refractivity contribution in [2.75, 3.05) is 19.6 Å². The van der Waals surface area contributed by atoms with Gasteiger partial charge in [-0.3, -0.25) is 19.6 Å². The fraction of sp³-hybridized carbons (Fsp3) is 0. The van der Waals surface area contributed by atoms with E-state index < -0.39 is 0 Å². The lowest BCUT2D eigenvalue weighted by Crippen LogP contribution is -2.13. The molecule has 0 spiro atoms. The van der Waals surface area contributed by atoms with Crippen molar-refractivity contribution in [1.82, 2.24) is 24.5 Å². The zero-order valence-corrected chi connectivity index (χ0v) is 45.1. The molecule has 0 fully saturated rings. The van der Waals surface area contributed by atoms with Gasteiger partial charge in [0.2, 0.25) is 0 Å². The molecule has 0 unspecified atom stereocenters. The Balaban J connectivity index is 0.887. The van der Waals surface area contributed by atoms with E-state index in [4.69, 9.17) is 19.9 Å². The van der Waals surface area contributed by atoms with Crippen LogP contribution in [0, 0.1) is 0 Å². The maximum absolute atomic E-state index is 5.43. The molecular weight excluding hydrogens is 1010 g/mol. The van der Waals surface area contributed by atoms with Gasteiger partial charge in [0, 0.05) is 62.0 Å². The average Bonchev–Trinajstić information content (AvgIpc) is 4.11. The summed E-state index contributed by atoms with van der Waals surface area (Å²) in [4.78, 5) is 30.3. The fourth-order valence-electron chi connectivity index (χ4n) is 11.0. The first-order valence-electron chi connectivity index (χ1n) is 27.7. The van der Waals surface area contributed by atoms with Crippen LogP contribution in [0.15, 0.2) is 322 Å². The number of rotatable bonds is 15. The molecule has 0 amide bonds. The fourth-order valence-corrected chi connectivity index (χ4v) is 11.0. The minimum atomic E-state index is 0.751. The van der Waals surface area contributed by atoms with Crippen LogP contribution in [0.3, 0.4) is 0 Å². The molecule has 394 valence electrons. The molecule has 83 heavy (non-hydrogen) atoms. The number of aromatic nitrogens is 5. The lowest BCUT2D eigenvalue weighted by molar-refractivity contribution is 1.14. The van der Waals surface area contributed by atoms with Crippen molar-refractivity contribution < 1.29 is 0 Å². The monoisotopic (exact) mass is 1070 g/mol. The van der Waals surface area contributed by atoms with Gasteiger partial charge in [-0.05, 0) is 170 Å². The zero-order valence-electron chi connectivity index (χ0n) is 45.1. The Morgan fingerprint density at radius 1 is 0.205 bits per heavy atom. The number of benzene rings is 9. The second kappa shape index (κ2) is 22.4. The van der Waals surface area contributed by atoms with Crippen molar-refractivity contribution >= 4 is 90.6 Å². The Morgan fingerprint density at radius 3 is 0.711 bits per heavy atom. The van der Waals surface area contributed by atoms with E-state index in [9.17, 15) is 0 Å². The quantitative estimate of drug-likeness (QED) is 0.101. The van der Waals surface area contributed by atoms with E-state index in [0.29, 0.717) is 0 Å². The van der Waals surface area contributed by atoms with Crippen LogP contribution in [0.4, 0.5) is 68.8 Å². The van der Waals surface area contributed by atoms with Gasteiger partial charge in [-0.1, -0.05) is 152 Å². The minimum Gasteiger partial charge on any atom is -0.309 e. The van der Waals surface area contributed by atoms with Crippen molar-refractivity contribution in [3.05, 3.63) is 322 Å². The zero-order chi connectivity index (χ0) is 55.3. The van der Waals surface area contributed by atoms with E-state index in [1.807, 2.05) is 72.8 Å². The van der Waals surface area contributed by atoms with Crippen molar-refractivity contribution in [2.45, 2.75) is 0 Å². The van der Waals surface area contributed by atoms with Gasteiger partial charge < -0.3 is 4.57 Å². The number of nitrogens with zero attached hydrogens (tertiary/aromatic N) is 9. The van der Waals surface area contributed by atoms with E-state index in [1.54, 1.807) is 0 Å². The first-order valence-corrected chi connectivity index (χ1v) is 27.7. The van der Waals surface area contributed by atoms with Gasteiger partial charge in [0.1, 0.15) is 23.3 Å². The first-order chi connectivity index (χ1) is 41.2. The van der Waals surface area contributed by atoms with Gasteiger partial charge in [0.05, 0.1) is 33.8 Å². The normalized spacial score (nSPS) is 11.1. The van der Waals surface area contributed by atoms with Gasteiger partial charge in [0.15, 0.2) is 0 Å². The molecule has 9 aromatic carbocycles. The summed E-state index contributed by atoms with van der Waals surface area (Å²) in [6, 6.07) is 111. The summed E-state index contributed by atoms with van der Waals surface area (Å²) in [6.07, 6.45) is 0. The Bertz CT molecular complexity index is 4160. The van der Waals surface area contributed by atoms with Crippen molar-refractivity contribution in [3.63, 3.8) is 0 Å². The summed E-state index contributed by atoms with van der Waals surface area (Å²) in [6.45, 7) is 0. The van der Waals surface area contributed by atoms with E-state index in [0.717, 1.165) is 119 Å². The number of para-hydroxylation sites is 7. The highest BCUT2D eigenvalue weighted by Gasteiger charge is 2.23. The van der Waals surface area contributed by atoms with Crippen molar-refractivity contribution in [1.29, 1.82) is 0 Å². The summed E-state index contributed by atoms with van der Waals surface area (Å²) in [5.74, 6) is 3.09. The standard InChI is InChI=1S/C74H53N9/c1-8-26-54(27-9-1)79(55-28-10-2-11-29-55)71-44-22-40-65(75-71)67-42-24-46-73(77-67)81(58-34-16-5-17-35-58)61-48-50-69-63(52-61)64-53-62(49-51-70(64)83(69)60-38-20-7-21-39-60)82(59-36-18-6-19-37-59)74-47-25-43-68(78-74)66-41-23-45-72(76-66)80(56-30-12-3-13-31-56)57-32-14-4-15-33-57/h1-53H. The molecule has 14 rings (SSSR count). The van der Waals surface area contributed by atoms with Crippen LogP contribution >= 0.6 is 0 Å². The molecule has 5 aromatic heterocycles. The molecule has 0 atom stereocenters. The Labute approximate surface area is 482 Å².